The predicted molar refractivity (Wildman–Crippen MR) is 73.4 cm³/mol. The van der Waals surface area contributed by atoms with E-state index in [0.717, 1.165) is 31.2 Å². The van der Waals surface area contributed by atoms with Crippen LogP contribution >= 0.6 is 11.6 Å². The molecule has 1 aliphatic rings. The molecule has 1 saturated carbocycles. The number of rotatable bonds is 3. The molecule has 0 saturated heterocycles. The average Bonchev–Trinajstić information content (AvgIpc) is 2.40. The molecule has 0 N–H and O–H groups in total. The van der Waals surface area contributed by atoms with Crippen LogP contribution in [0.25, 0.3) is 0 Å². The SMILES string of the molecule is CCC1(c2ccc(Cl)c(OC)c2)CCCCC1=O. The van der Waals surface area contributed by atoms with Gasteiger partial charge in [-0.1, -0.05) is 31.0 Å². The van der Waals surface area contributed by atoms with Crippen LogP contribution in [0.5, 0.6) is 5.75 Å². The second-order valence-electron chi connectivity index (χ2n) is 4.92. The average molecular weight is 267 g/mol. The third-order valence-corrected chi connectivity index (χ3v) is 4.41. The Balaban J connectivity index is 2.46. The second kappa shape index (κ2) is 5.31. The van der Waals surface area contributed by atoms with Crippen LogP contribution in [0, 0.1) is 0 Å². The Hall–Kier alpha value is -1.02. The van der Waals surface area contributed by atoms with E-state index < -0.39 is 0 Å². The van der Waals surface area contributed by atoms with Gasteiger partial charge in [0.15, 0.2) is 0 Å². The third-order valence-electron chi connectivity index (χ3n) is 4.10. The number of hydrogen-bond acceptors (Lipinski definition) is 2. The van der Waals surface area contributed by atoms with Crippen LogP contribution in [0.15, 0.2) is 18.2 Å². The van der Waals surface area contributed by atoms with Gasteiger partial charge in [0.1, 0.15) is 11.5 Å². The van der Waals surface area contributed by atoms with E-state index >= 15 is 0 Å². The maximum atomic E-state index is 12.4. The maximum Gasteiger partial charge on any atom is 0.143 e. The van der Waals surface area contributed by atoms with Gasteiger partial charge in [0.2, 0.25) is 0 Å². The summed E-state index contributed by atoms with van der Waals surface area (Å²) in [6, 6.07) is 5.72. The van der Waals surface area contributed by atoms with Gasteiger partial charge in [-0.3, -0.25) is 4.79 Å². The molecule has 1 aliphatic carbocycles. The first-order chi connectivity index (χ1) is 8.64. The summed E-state index contributed by atoms with van der Waals surface area (Å²) < 4.78 is 5.26. The largest absolute Gasteiger partial charge is 0.495 e. The summed E-state index contributed by atoms with van der Waals surface area (Å²) in [5.74, 6) is 1.01. The van der Waals surface area contributed by atoms with Crippen LogP contribution in [0.1, 0.15) is 44.6 Å². The Morgan fingerprint density at radius 3 is 2.78 bits per heavy atom. The fraction of sp³-hybridized carbons (Fsp3) is 0.533. The second-order valence-corrected chi connectivity index (χ2v) is 5.32. The highest BCUT2D eigenvalue weighted by Crippen LogP contribution is 2.41. The Morgan fingerprint density at radius 1 is 1.39 bits per heavy atom. The van der Waals surface area contributed by atoms with Gasteiger partial charge in [0, 0.05) is 6.42 Å². The zero-order valence-electron chi connectivity index (χ0n) is 11.0. The first-order valence-electron chi connectivity index (χ1n) is 6.51. The number of ketones is 1. The first-order valence-corrected chi connectivity index (χ1v) is 6.89. The normalized spacial score (nSPS) is 24.1. The molecule has 3 heteroatoms. The first kappa shape index (κ1) is 13.4. The number of methoxy groups -OCH3 is 1. The summed E-state index contributed by atoms with van der Waals surface area (Å²) in [6.45, 7) is 2.09. The van der Waals surface area contributed by atoms with Crippen molar-refractivity contribution in [2.24, 2.45) is 0 Å². The van der Waals surface area contributed by atoms with Gasteiger partial charge in [0.25, 0.3) is 0 Å². The van der Waals surface area contributed by atoms with Crippen molar-refractivity contribution in [2.45, 2.75) is 44.4 Å². The van der Waals surface area contributed by atoms with Crippen LogP contribution in [0.2, 0.25) is 5.02 Å². The molecule has 2 nitrogen and oxygen atoms in total. The Morgan fingerprint density at radius 2 is 2.17 bits per heavy atom. The summed E-state index contributed by atoms with van der Waals surface area (Å²) in [4.78, 5) is 12.4. The van der Waals surface area contributed by atoms with Crippen LogP contribution in [-0.2, 0) is 10.2 Å². The standard InChI is InChI=1S/C15H19ClO2/c1-3-15(9-5-4-6-14(15)17)11-7-8-12(16)13(10-11)18-2/h7-8,10H,3-6,9H2,1-2H3. The lowest BCUT2D eigenvalue weighted by molar-refractivity contribution is -0.126. The van der Waals surface area contributed by atoms with Crippen molar-refractivity contribution in [3.63, 3.8) is 0 Å². The van der Waals surface area contributed by atoms with Crippen molar-refractivity contribution in [2.75, 3.05) is 7.11 Å². The number of carbonyl (C=O) groups is 1. The Labute approximate surface area is 113 Å². The van der Waals surface area contributed by atoms with Gasteiger partial charge in [-0.15, -0.1) is 0 Å². The maximum absolute atomic E-state index is 12.4. The monoisotopic (exact) mass is 266 g/mol. The van der Waals surface area contributed by atoms with Crippen molar-refractivity contribution in [3.05, 3.63) is 28.8 Å². The highest BCUT2D eigenvalue weighted by molar-refractivity contribution is 6.32. The smallest absolute Gasteiger partial charge is 0.143 e. The number of hydrogen-bond donors (Lipinski definition) is 0. The van der Waals surface area contributed by atoms with E-state index in [9.17, 15) is 4.79 Å². The molecule has 0 bridgehead atoms. The van der Waals surface area contributed by atoms with Crippen LogP contribution in [0.4, 0.5) is 0 Å². The van der Waals surface area contributed by atoms with Gasteiger partial charge in [-0.2, -0.15) is 0 Å². The van der Waals surface area contributed by atoms with Crippen molar-refractivity contribution in [3.8, 4) is 5.75 Å². The Bertz CT molecular complexity index is 456. The van der Waals surface area contributed by atoms with E-state index in [-0.39, 0.29) is 5.41 Å². The topological polar surface area (TPSA) is 26.3 Å². The summed E-state index contributed by atoms with van der Waals surface area (Å²) in [7, 11) is 1.60. The van der Waals surface area contributed by atoms with Crippen molar-refractivity contribution < 1.29 is 9.53 Å². The van der Waals surface area contributed by atoms with Crippen molar-refractivity contribution >= 4 is 17.4 Å². The van der Waals surface area contributed by atoms with Gasteiger partial charge in [0.05, 0.1) is 17.5 Å². The molecule has 2 rings (SSSR count). The third kappa shape index (κ3) is 2.14. The summed E-state index contributed by atoms with van der Waals surface area (Å²) >= 11 is 6.05. The van der Waals surface area contributed by atoms with Gasteiger partial charge >= 0.3 is 0 Å². The molecule has 0 aromatic heterocycles. The number of benzene rings is 1. The molecule has 0 aliphatic heterocycles. The van der Waals surface area contributed by atoms with E-state index in [1.54, 1.807) is 7.11 Å². The van der Waals surface area contributed by atoms with Gasteiger partial charge < -0.3 is 4.74 Å². The lowest BCUT2D eigenvalue weighted by Crippen LogP contribution is -2.38. The minimum absolute atomic E-state index is 0.323. The molecular formula is C15H19ClO2. The van der Waals surface area contributed by atoms with E-state index in [1.807, 2.05) is 18.2 Å². The van der Waals surface area contributed by atoms with E-state index in [4.69, 9.17) is 16.3 Å². The fourth-order valence-electron chi connectivity index (χ4n) is 2.93. The zero-order chi connectivity index (χ0) is 13.2. The quantitative estimate of drug-likeness (QED) is 0.822. The number of Topliss-reactive ketones (excluding diaryl/α,β-unsaturated/α-hetero) is 1. The lowest BCUT2D eigenvalue weighted by Gasteiger charge is -2.35. The molecule has 0 radical (unpaired) electrons. The zero-order valence-corrected chi connectivity index (χ0v) is 11.7. The highest BCUT2D eigenvalue weighted by atomic mass is 35.5. The van der Waals surface area contributed by atoms with E-state index in [1.165, 1.54) is 0 Å². The van der Waals surface area contributed by atoms with Crippen molar-refractivity contribution in [1.29, 1.82) is 0 Å². The molecule has 1 fully saturated rings. The van der Waals surface area contributed by atoms with Gasteiger partial charge in [-0.25, -0.2) is 0 Å². The molecule has 1 unspecified atom stereocenters. The lowest BCUT2D eigenvalue weighted by atomic mass is 9.67. The molecule has 98 valence electrons. The number of carbonyl (C=O) groups excluding carboxylic acids is 1. The van der Waals surface area contributed by atoms with Crippen molar-refractivity contribution in [1.82, 2.24) is 0 Å². The molecule has 0 heterocycles. The van der Waals surface area contributed by atoms with Crippen LogP contribution in [0.3, 0.4) is 0 Å². The predicted octanol–water partition coefficient (Wildman–Crippen LogP) is 4.14. The Kier molecular flexibility index (Phi) is 3.96. The van der Waals surface area contributed by atoms with E-state index in [0.29, 0.717) is 23.0 Å². The van der Waals surface area contributed by atoms with E-state index in [2.05, 4.69) is 6.92 Å². The minimum atomic E-state index is -0.323. The highest BCUT2D eigenvalue weighted by Gasteiger charge is 2.39. The summed E-state index contributed by atoms with van der Waals surface area (Å²) in [6.07, 6.45) is 4.61. The molecule has 1 aromatic carbocycles. The minimum Gasteiger partial charge on any atom is -0.495 e. The number of halogens is 1. The number of ether oxygens (including phenoxy) is 1. The molecule has 1 aromatic rings. The summed E-state index contributed by atoms with van der Waals surface area (Å²) in [5, 5.41) is 0.593. The fourth-order valence-corrected chi connectivity index (χ4v) is 3.13. The molecular weight excluding hydrogens is 248 g/mol. The van der Waals surface area contributed by atoms with Crippen LogP contribution < -0.4 is 4.74 Å². The molecule has 1 atom stereocenters. The molecule has 0 spiro atoms. The van der Waals surface area contributed by atoms with Gasteiger partial charge in [-0.05, 0) is 37.0 Å². The molecule has 0 amide bonds. The summed E-state index contributed by atoms with van der Waals surface area (Å²) in [5.41, 5.74) is 0.729. The molecule has 18 heavy (non-hydrogen) atoms. The van der Waals surface area contributed by atoms with Crippen LogP contribution in [-0.4, -0.2) is 12.9 Å².